The molecule has 0 spiro atoms. The molecule has 15 heavy (non-hydrogen) atoms. The van der Waals surface area contributed by atoms with Crippen LogP contribution in [0.3, 0.4) is 0 Å². The van der Waals surface area contributed by atoms with Crippen molar-refractivity contribution in [3.05, 3.63) is 35.4 Å². The largest absolute Gasteiger partial charge is 0.416 e. The lowest BCUT2D eigenvalue weighted by Gasteiger charge is -2.30. The van der Waals surface area contributed by atoms with Gasteiger partial charge in [0, 0.05) is 6.54 Å². The Labute approximate surface area is 86.5 Å². The van der Waals surface area contributed by atoms with Crippen molar-refractivity contribution in [1.82, 2.24) is 4.90 Å². The van der Waals surface area contributed by atoms with Crippen LogP contribution in [0.1, 0.15) is 17.5 Å². The molecule has 0 radical (unpaired) electrons. The number of hydrogen-bond acceptors (Lipinski definition) is 1. The molecule has 0 aliphatic carbocycles. The van der Waals surface area contributed by atoms with Crippen molar-refractivity contribution in [2.75, 3.05) is 13.1 Å². The highest BCUT2D eigenvalue weighted by atomic mass is 19.4. The van der Waals surface area contributed by atoms with E-state index in [1.165, 1.54) is 12.1 Å². The average molecular weight is 215 g/mol. The van der Waals surface area contributed by atoms with E-state index in [1.807, 2.05) is 0 Å². The van der Waals surface area contributed by atoms with Crippen molar-refractivity contribution in [3.63, 3.8) is 0 Å². The molecule has 0 atom stereocenters. The monoisotopic (exact) mass is 215 g/mol. The highest BCUT2D eigenvalue weighted by Gasteiger charge is 2.30. The number of hydrogen-bond donors (Lipinski definition) is 0. The molecule has 0 N–H and O–H groups in total. The molecule has 4 heteroatoms. The number of alkyl halides is 3. The van der Waals surface area contributed by atoms with Crippen LogP contribution in [0.4, 0.5) is 13.2 Å². The van der Waals surface area contributed by atoms with Crippen molar-refractivity contribution in [3.8, 4) is 0 Å². The minimum Gasteiger partial charge on any atom is -0.299 e. The Morgan fingerprint density at radius 3 is 2.47 bits per heavy atom. The Balaban J connectivity index is 2.11. The predicted octanol–water partition coefficient (Wildman–Crippen LogP) is 2.91. The second-order valence-electron chi connectivity index (χ2n) is 3.83. The van der Waals surface area contributed by atoms with Gasteiger partial charge < -0.3 is 0 Å². The van der Waals surface area contributed by atoms with E-state index in [1.54, 1.807) is 6.07 Å². The van der Waals surface area contributed by atoms with E-state index in [4.69, 9.17) is 0 Å². The number of halogens is 3. The molecule has 0 aromatic heterocycles. The van der Waals surface area contributed by atoms with Crippen LogP contribution in [0, 0.1) is 0 Å². The number of benzene rings is 1. The lowest BCUT2D eigenvalue weighted by atomic mass is 10.1. The molecule has 0 bridgehead atoms. The van der Waals surface area contributed by atoms with Gasteiger partial charge in [-0.2, -0.15) is 13.2 Å². The maximum Gasteiger partial charge on any atom is 0.416 e. The zero-order valence-corrected chi connectivity index (χ0v) is 8.22. The Kier molecular flexibility index (Phi) is 2.69. The Morgan fingerprint density at radius 2 is 1.93 bits per heavy atom. The van der Waals surface area contributed by atoms with E-state index in [9.17, 15) is 13.2 Å². The Morgan fingerprint density at radius 1 is 1.20 bits per heavy atom. The summed E-state index contributed by atoms with van der Waals surface area (Å²) in [5.74, 6) is 0. The third kappa shape index (κ3) is 2.50. The van der Waals surface area contributed by atoms with E-state index in [0.29, 0.717) is 6.54 Å². The third-order valence-electron chi connectivity index (χ3n) is 2.61. The maximum absolute atomic E-state index is 12.4. The fraction of sp³-hybridized carbons (Fsp3) is 0.455. The minimum atomic E-state index is -4.23. The second-order valence-corrected chi connectivity index (χ2v) is 3.83. The highest BCUT2D eigenvalue weighted by molar-refractivity contribution is 5.25. The lowest BCUT2D eigenvalue weighted by molar-refractivity contribution is -0.137. The molecule has 1 aliphatic rings. The summed E-state index contributed by atoms with van der Waals surface area (Å²) in [4.78, 5) is 2.13. The molecule has 1 aromatic carbocycles. The van der Waals surface area contributed by atoms with Crippen LogP contribution in [0.15, 0.2) is 24.3 Å². The lowest BCUT2D eigenvalue weighted by Crippen LogP contribution is -2.36. The Bertz CT molecular complexity index is 342. The van der Waals surface area contributed by atoms with Gasteiger partial charge in [-0.25, -0.2) is 0 Å². The molecule has 0 unspecified atom stereocenters. The number of nitrogens with zero attached hydrogens (tertiary/aromatic N) is 1. The van der Waals surface area contributed by atoms with Gasteiger partial charge in [0.2, 0.25) is 0 Å². The first-order chi connectivity index (χ1) is 7.05. The molecule has 0 saturated carbocycles. The normalized spacial score (nSPS) is 17.5. The molecule has 1 aliphatic heterocycles. The highest BCUT2D eigenvalue weighted by Crippen LogP contribution is 2.29. The Hall–Kier alpha value is -1.03. The van der Waals surface area contributed by atoms with Crippen LogP contribution in [0.2, 0.25) is 0 Å². The van der Waals surface area contributed by atoms with E-state index < -0.39 is 11.7 Å². The summed E-state index contributed by atoms with van der Waals surface area (Å²) in [5, 5.41) is 0. The van der Waals surface area contributed by atoms with Gasteiger partial charge in [-0.15, -0.1) is 0 Å². The van der Waals surface area contributed by atoms with Crippen LogP contribution in [0.5, 0.6) is 0 Å². The maximum atomic E-state index is 12.4. The van der Waals surface area contributed by atoms with Crippen molar-refractivity contribution in [2.45, 2.75) is 19.1 Å². The van der Waals surface area contributed by atoms with Gasteiger partial charge in [-0.1, -0.05) is 18.2 Å². The molecule has 1 nitrogen and oxygen atoms in total. The van der Waals surface area contributed by atoms with Gasteiger partial charge in [0.15, 0.2) is 0 Å². The van der Waals surface area contributed by atoms with Crippen molar-refractivity contribution >= 4 is 0 Å². The van der Waals surface area contributed by atoms with E-state index in [-0.39, 0.29) is 0 Å². The summed E-state index contributed by atoms with van der Waals surface area (Å²) in [6.45, 7) is 2.62. The first-order valence-corrected chi connectivity index (χ1v) is 4.94. The summed E-state index contributed by atoms with van der Waals surface area (Å²) in [5.41, 5.74) is 0.185. The standard InChI is InChI=1S/C11H12F3N/c12-11(13,14)10-4-1-3-9(7-10)8-15-5-2-6-15/h1,3-4,7H,2,5-6,8H2. The van der Waals surface area contributed by atoms with Gasteiger partial charge >= 0.3 is 6.18 Å². The SMILES string of the molecule is FC(F)(F)c1cccc(CN2CCC2)c1. The van der Waals surface area contributed by atoms with Gasteiger partial charge in [0.1, 0.15) is 0 Å². The van der Waals surface area contributed by atoms with Crippen molar-refractivity contribution < 1.29 is 13.2 Å². The molecule has 1 saturated heterocycles. The minimum absolute atomic E-state index is 0.555. The number of rotatable bonds is 2. The van der Waals surface area contributed by atoms with Crippen LogP contribution in [0.25, 0.3) is 0 Å². The number of likely N-dealkylation sites (tertiary alicyclic amines) is 1. The molecular weight excluding hydrogens is 203 g/mol. The second kappa shape index (κ2) is 3.85. The summed E-state index contributed by atoms with van der Waals surface area (Å²) >= 11 is 0. The van der Waals surface area contributed by atoms with Gasteiger partial charge in [0.05, 0.1) is 5.56 Å². The first-order valence-electron chi connectivity index (χ1n) is 4.94. The fourth-order valence-electron chi connectivity index (χ4n) is 1.64. The smallest absolute Gasteiger partial charge is 0.299 e. The van der Waals surface area contributed by atoms with Gasteiger partial charge in [-0.3, -0.25) is 4.90 Å². The molecule has 0 amide bonds. The zero-order valence-electron chi connectivity index (χ0n) is 8.22. The molecule has 82 valence electrons. The molecular formula is C11H12F3N. The van der Waals surface area contributed by atoms with E-state index >= 15 is 0 Å². The zero-order chi connectivity index (χ0) is 10.9. The predicted molar refractivity (Wildman–Crippen MR) is 51.3 cm³/mol. The average Bonchev–Trinajstić information content (AvgIpc) is 2.11. The first kappa shape index (κ1) is 10.5. The van der Waals surface area contributed by atoms with Crippen molar-refractivity contribution in [2.24, 2.45) is 0 Å². The quantitative estimate of drug-likeness (QED) is 0.733. The molecule has 2 rings (SSSR count). The van der Waals surface area contributed by atoms with Crippen molar-refractivity contribution in [1.29, 1.82) is 0 Å². The molecule has 1 heterocycles. The summed E-state index contributed by atoms with van der Waals surface area (Å²) < 4.78 is 37.2. The summed E-state index contributed by atoms with van der Waals surface area (Å²) in [6.07, 6.45) is -3.08. The van der Waals surface area contributed by atoms with Crippen LogP contribution in [-0.4, -0.2) is 18.0 Å². The topological polar surface area (TPSA) is 3.24 Å². The van der Waals surface area contributed by atoms with Crippen LogP contribution >= 0.6 is 0 Å². The fourth-order valence-corrected chi connectivity index (χ4v) is 1.64. The summed E-state index contributed by atoms with van der Waals surface area (Å²) in [6, 6.07) is 5.56. The van der Waals surface area contributed by atoms with Gasteiger partial charge in [-0.05, 0) is 31.1 Å². The van der Waals surface area contributed by atoms with Crippen LogP contribution in [-0.2, 0) is 12.7 Å². The molecule has 1 aromatic rings. The molecule has 1 fully saturated rings. The van der Waals surface area contributed by atoms with Crippen LogP contribution < -0.4 is 0 Å². The van der Waals surface area contributed by atoms with E-state index in [0.717, 1.165) is 31.1 Å². The summed E-state index contributed by atoms with van der Waals surface area (Å²) in [7, 11) is 0. The third-order valence-corrected chi connectivity index (χ3v) is 2.61. The van der Waals surface area contributed by atoms with E-state index in [2.05, 4.69) is 4.90 Å². The van der Waals surface area contributed by atoms with Gasteiger partial charge in [0.25, 0.3) is 0 Å².